The lowest BCUT2D eigenvalue weighted by Crippen LogP contribution is -2.26. The van der Waals surface area contributed by atoms with E-state index in [1.54, 1.807) is 23.1 Å². The third-order valence-electron chi connectivity index (χ3n) is 3.92. The molecule has 1 amide bonds. The predicted octanol–water partition coefficient (Wildman–Crippen LogP) is 1.76. The molecule has 0 saturated carbocycles. The minimum Gasteiger partial charge on any atom is -0.305 e. The standard InChI is InChI=1S/C18H19N5O4S/c1-22(27-2)28(25,26)16-8-5-6-14(12-16)18(24)20-17-9-11-23(21-17)13-15-7-3-4-10-19-15/h3-12H,13H2,1-2H3,(H,20,21,24). The summed E-state index contributed by atoms with van der Waals surface area (Å²) in [4.78, 5) is 21.4. The molecule has 1 N–H and O–H groups in total. The number of hydrogen-bond donors (Lipinski definition) is 1. The van der Waals surface area contributed by atoms with E-state index in [1.165, 1.54) is 38.4 Å². The van der Waals surface area contributed by atoms with Crippen LogP contribution in [0.3, 0.4) is 0 Å². The van der Waals surface area contributed by atoms with E-state index in [4.69, 9.17) is 4.84 Å². The van der Waals surface area contributed by atoms with Gasteiger partial charge in [0.1, 0.15) is 0 Å². The molecule has 0 spiro atoms. The van der Waals surface area contributed by atoms with Crippen LogP contribution in [0.4, 0.5) is 5.82 Å². The zero-order valence-electron chi connectivity index (χ0n) is 15.3. The van der Waals surface area contributed by atoms with Crippen LogP contribution in [0.15, 0.2) is 65.8 Å². The van der Waals surface area contributed by atoms with Crippen LogP contribution in [0, 0.1) is 0 Å². The molecule has 1 aromatic carbocycles. The molecule has 0 aliphatic heterocycles. The number of aromatic nitrogens is 3. The normalized spacial score (nSPS) is 11.5. The number of anilines is 1. The van der Waals surface area contributed by atoms with Gasteiger partial charge in [-0.25, -0.2) is 8.42 Å². The van der Waals surface area contributed by atoms with Gasteiger partial charge in [-0.1, -0.05) is 16.6 Å². The van der Waals surface area contributed by atoms with Gasteiger partial charge in [-0.3, -0.25) is 19.3 Å². The molecule has 0 unspecified atom stereocenters. The number of carbonyl (C=O) groups is 1. The molecule has 2 aromatic heterocycles. The summed E-state index contributed by atoms with van der Waals surface area (Å²) in [6.45, 7) is 0.466. The molecule has 3 aromatic rings. The molecule has 10 heteroatoms. The number of benzene rings is 1. The molecule has 0 saturated heterocycles. The van der Waals surface area contributed by atoms with Gasteiger partial charge < -0.3 is 5.32 Å². The van der Waals surface area contributed by atoms with Crippen molar-refractivity contribution in [2.45, 2.75) is 11.4 Å². The van der Waals surface area contributed by atoms with E-state index in [0.29, 0.717) is 12.4 Å². The number of nitrogens with zero attached hydrogens (tertiary/aromatic N) is 4. The first-order valence-corrected chi connectivity index (χ1v) is 9.72. The minimum absolute atomic E-state index is 0.0508. The molecular formula is C18H19N5O4S. The molecular weight excluding hydrogens is 382 g/mol. The highest BCUT2D eigenvalue weighted by Gasteiger charge is 2.22. The Kier molecular flexibility index (Phi) is 5.83. The average molecular weight is 401 g/mol. The van der Waals surface area contributed by atoms with Crippen LogP contribution in [-0.2, 0) is 21.4 Å². The van der Waals surface area contributed by atoms with Gasteiger partial charge in [-0.05, 0) is 30.3 Å². The minimum atomic E-state index is -3.84. The monoisotopic (exact) mass is 401 g/mol. The van der Waals surface area contributed by atoms with Crippen molar-refractivity contribution in [3.8, 4) is 0 Å². The number of rotatable bonds is 7. The first-order chi connectivity index (χ1) is 13.4. The van der Waals surface area contributed by atoms with Gasteiger partial charge in [-0.2, -0.15) is 5.10 Å². The second-order valence-electron chi connectivity index (χ2n) is 5.80. The number of hydrogen-bond acceptors (Lipinski definition) is 6. The zero-order chi connectivity index (χ0) is 20.1. The molecule has 0 fully saturated rings. The van der Waals surface area contributed by atoms with Gasteiger partial charge in [0.05, 0.1) is 24.2 Å². The average Bonchev–Trinajstić information content (AvgIpc) is 3.14. The van der Waals surface area contributed by atoms with E-state index in [1.807, 2.05) is 18.2 Å². The number of nitrogens with one attached hydrogen (secondary N) is 1. The van der Waals surface area contributed by atoms with E-state index in [-0.39, 0.29) is 10.5 Å². The summed E-state index contributed by atoms with van der Waals surface area (Å²) in [5.41, 5.74) is 1.02. The molecule has 0 aliphatic rings. The molecule has 0 radical (unpaired) electrons. The maximum atomic E-state index is 12.5. The van der Waals surface area contributed by atoms with E-state index in [9.17, 15) is 13.2 Å². The van der Waals surface area contributed by atoms with E-state index < -0.39 is 15.9 Å². The second-order valence-corrected chi connectivity index (χ2v) is 7.73. The van der Waals surface area contributed by atoms with Gasteiger partial charge in [0.25, 0.3) is 15.9 Å². The Balaban J connectivity index is 1.73. The highest BCUT2D eigenvalue weighted by atomic mass is 32.2. The van der Waals surface area contributed by atoms with E-state index in [2.05, 4.69) is 15.4 Å². The van der Waals surface area contributed by atoms with Gasteiger partial charge in [-0.15, -0.1) is 0 Å². The fourth-order valence-electron chi connectivity index (χ4n) is 2.41. The Bertz CT molecular complexity index is 1070. The van der Waals surface area contributed by atoms with Crippen LogP contribution in [-0.4, -0.2) is 47.7 Å². The topological polar surface area (TPSA) is 106 Å². The number of pyridine rings is 1. The van der Waals surface area contributed by atoms with Crippen molar-refractivity contribution in [3.63, 3.8) is 0 Å². The molecule has 0 bridgehead atoms. The summed E-state index contributed by atoms with van der Waals surface area (Å²) in [5.74, 6) is -0.122. The third kappa shape index (κ3) is 4.42. The summed E-state index contributed by atoms with van der Waals surface area (Å²) in [5, 5.41) is 6.94. The lowest BCUT2D eigenvalue weighted by atomic mass is 10.2. The quantitative estimate of drug-likeness (QED) is 0.605. The van der Waals surface area contributed by atoms with E-state index >= 15 is 0 Å². The molecule has 28 heavy (non-hydrogen) atoms. The zero-order valence-corrected chi connectivity index (χ0v) is 16.1. The fraction of sp³-hybridized carbons (Fsp3) is 0.167. The Morgan fingerprint density at radius 2 is 2.04 bits per heavy atom. The van der Waals surface area contributed by atoms with Crippen LogP contribution in [0.2, 0.25) is 0 Å². The number of hydroxylamine groups is 1. The Hall–Kier alpha value is -3.08. The van der Waals surface area contributed by atoms with Crippen LogP contribution in [0.25, 0.3) is 0 Å². The molecule has 146 valence electrons. The van der Waals surface area contributed by atoms with E-state index in [0.717, 1.165) is 10.2 Å². The second kappa shape index (κ2) is 8.30. The summed E-state index contributed by atoms with van der Waals surface area (Å²) in [6.07, 6.45) is 3.42. The predicted molar refractivity (Wildman–Crippen MR) is 102 cm³/mol. The molecule has 3 rings (SSSR count). The Morgan fingerprint density at radius 1 is 1.21 bits per heavy atom. The smallest absolute Gasteiger partial charge is 0.264 e. The Morgan fingerprint density at radius 3 is 2.75 bits per heavy atom. The maximum absolute atomic E-state index is 12.5. The van der Waals surface area contributed by atoms with Crippen molar-refractivity contribution < 1.29 is 18.0 Å². The van der Waals surface area contributed by atoms with Crippen molar-refractivity contribution in [2.24, 2.45) is 0 Å². The van der Waals surface area contributed by atoms with Crippen LogP contribution >= 0.6 is 0 Å². The van der Waals surface area contributed by atoms with Crippen molar-refractivity contribution in [1.82, 2.24) is 19.2 Å². The van der Waals surface area contributed by atoms with Crippen LogP contribution < -0.4 is 5.32 Å². The first-order valence-electron chi connectivity index (χ1n) is 8.28. The molecule has 0 aliphatic carbocycles. The molecule has 0 atom stereocenters. The van der Waals surface area contributed by atoms with Crippen molar-refractivity contribution in [3.05, 3.63) is 72.2 Å². The lowest BCUT2D eigenvalue weighted by molar-refractivity contribution is -0.0258. The molecule has 2 heterocycles. The fourth-order valence-corrected chi connectivity index (χ4v) is 3.43. The highest BCUT2D eigenvalue weighted by molar-refractivity contribution is 7.89. The van der Waals surface area contributed by atoms with Gasteiger partial charge >= 0.3 is 0 Å². The largest absolute Gasteiger partial charge is 0.305 e. The SMILES string of the molecule is CON(C)S(=O)(=O)c1cccc(C(=O)Nc2ccn(Cc3ccccn3)n2)c1. The van der Waals surface area contributed by atoms with Crippen molar-refractivity contribution in [2.75, 3.05) is 19.5 Å². The summed E-state index contributed by atoms with van der Waals surface area (Å²) >= 11 is 0. The Labute approximate surface area is 162 Å². The number of sulfonamides is 1. The lowest BCUT2D eigenvalue weighted by Gasteiger charge is -2.14. The summed E-state index contributed by atoms with van der Waals surface area (Å²) < 4.78 is 27.0. The van der Waals surface area contributed by atoms with Crippen molar-refractivity contribution >= 4 is 21.7 Å². The van der Waals surface area contributed by atoms with Crippen LogP contribution in [0.1, 0.15) is 16.1 Å². The van der Waals surface area contributed by atoms with Gasteiger partial charge in [0, 0.05) is 31.1 Å². The van der Waals surface area contributed by atoms with Crippen molar-refractivity contribution in [1.29, 1.82) is 0 Å². The highest BCUT2D eigenvalue weighted by Crippen LogP contribution is 2.17. The van der Waals surface area contributed by atoms with Gasteiger partial charge in [0.2, 0.25) is 0 Å². The molecule has 9 nitrogen and oxygen atoms in total. The van der Waals surface area contributed by atoms with Crippen LogP contribution in [0.5, 0.6) is 0 Å². The first kappa shape index (κ1) is 19.7. The third-order valence-corrected chi connectivity index (χ3v) is 5.60. The van der Waals surface area contributed by atoms with Gasteiger partial charge in [0.15, 0.2) is 5.82 Å². The maximum Gasteiger partial charge on any atom is 0.264 e. The number of amides is 1. The summed E-state index contributed by atoms with van der Waals surface area (Å²) in [6, 6.07) is 12.9. The summed E-state index contributed by atoms with van der Waals surface area (Å²) in [7, 11) is -1.32. The number of carbonyl (C=O) groups excluding carboxylic acids is 1.